The first kappa shape index (κ1) is 18.1. The molecule has 1 heterocycles. The molecule has 0 fully saturated rings. The number of halogens is 2. The van der Waals surface area contributed by atoms with Gasteiger partial charge in [-0.25, -0.2) is 0 Å². The molecule has 0 aromatic carbocycles. The van der Waals surface area contributed by atoms with Crippen molar-refractivity contribution in [3.8, 4) is 0 Å². The van der Waals surface area contributed by atoms with Crippen LogP contribution in [0.2, 0.25) is 0 Å². The van der Waals surface area contributed by atoms with Crippen molar-refractivity contribution < 1.29 is 10.1 Å². The molecule has 0 atom stereocenters. The van der Waals surface area contributed by atoms with Crippen LogP contribution in [-0.2, 0) is 10.1 Å². The summed E-state index contributed by atoms with van der Waals surface area (Å²) in [7, 11) is 0.0650. The minimum absolute atomic E-state index is 0.0650. The predicted molar refractivity (Wildman–Crippen MR) is 93.7 cm³/mol. The summed E-state index contributed by atoms with van der Waals surface area (Å²) in [5.74, 6) is 0. The zero-order chi connectivity index (χ0) is 13.1. The number of thiocarbonyl (C=S) groups is 1. The van der Waals surface area contributed by atoms with Crippen molar-refractivity contribution in [2.24, 2.45) is 5.10 Å². The molecule has 0 spiro atoms. The van der Waals surface area contributed by atoms with Crippen molar-refractivity contribution in [3.05, 3.63) is 30.1 Å². The number of rotatable bonds is 2. The molecule has 0 aliphatic heterocycles. The maximum atomic E-state index is 4.95. The average molecular weight is 545 g/mol. The van der Waals surface area contributed by atoms with E-state index in [9.17, 15) is 0 Å². The van der Waals surface area contributed by atoms with E-state index in [2.05, 4.69) is 55.0 Å². The van der Waals surface area contributed by atoms with Gasteiger partial charge in [0.1, 0.15) is 0 Å². The van der Waals surface area contributed by atoms with E-state index in [0.29, 0.717) is 4.32 Å². The van der Waals surface area contributed by atoms with Crippen LogP contribution >= 0.6 is 63.5 Å². The maximum absolute atomic E-state index is 4.95. The fourth-order valence-electron chi connectivity index (χ4n) is 0.809. The third-order valence-corrected chi connectivity index (χ3v) is 2.59. The Labute approximate surface area is 140 Å². The molecule has 1 aromatic rings. The number of aromatic nitrogens is 1. The molecule has 0 saturated heterocycles. The van der Waals surface area contributed by atoms with E-state index >= 15 is 0 Å². The summed E-state index contributed by atoms with van der Waals surface area (Å²) in [6.45, 7) is 1.89. The van der Waals surface area contributed by atoms with Gasteiger partial charge in [0.2, 0.25) is 0 Å². The first-order valence-corrected chi connectivity index (χ1v) is 24.3. The van der Waals surface area contributed by atoms with Crippen LogP contribution in [0.25, 0.3) is 0 Å². The molecule has 1 aromatic heterocycles. The summed E-state index contributed by atoms with van der Waals surface area (Å²) in [6.07, 6.45) is 3.64. The molecule has 0 radical (unpaired) electrons. The van der Waals surface area contributed by atoms with Crippen LogP contribution in [0.1, 0.15) is 12.6 Å². The number of hydrazone groups is 1. The molecular formula is C9H11I2N3S2Zn. The monoisotopic (exact) mass is 543 g/mol. The van der Waals surface area contributed by atoms with Crippen molar-refractivity contribution in [1.29, 1.82) is 0 Å². The predicted octanol–water partition coefficient (Wildman–Crippen LogP) is 3.81. The zero-order valence-electron chi connectivity index (χ0n) is 9.48. The molecule has 3 nitrogen and oxygen atoms in total. The van der Waals surface area contributed by atoms with E-state index in [4.69, 9.17) is 12.2 Å². The number of hydrogen-bond acceptors (Lipinski definition) is 4. The first-order valence-electron chi connectivity index (χ1n) is 4.57. The molecule has 0 aliphatic carbocycles. The summed E-state index contributed by atoms with van der Waals surface area (Å²) in [6, 6.07) is 5.70. The Bertz CT molecular complexity index is 363. The van der Waals surface area contributed by atoms with Crippen LogP contribution < -0.4 is 5.43 Å². The Morgan fingerprint density at radius 1 is 1.53 bits per heavy atom. The minimum atomic E-state index is 0.0650. The Kier molecular flexibility index (Phi) is 13.0. The summed E-state index contributed by atoms with van der Waals surface area (Å²) < 4.78 is 0.653. The summed E-state index contributed by atoms with van der Waals surface area (Å²) in [5.41, 5.74) is 4.45. The second-order valence-corrected chi connectivity index (χ2v) is 27.6. The SMILES string of the molecule is CSC(=S)N/N=C(\C)c1ccccn1.[I][Zn][I]. The quantitative estimate of drug-likeness (QED) is 0.202. The summed E-state index contributed by atoms with van der Waals surface area (Å²) >= 11 is 11.3. The zero-order valence-corrected chi connectivity index (χ0v) is 18.4. The van der Waals surface area contributed by atoms with E-state index in [1.54, 1.807) is 6.20 Å². The van der Waals surface area contributed by atoms with Crippen LogP contribution in [-0.4, -0.2) is 21.3 Å². The van der Waals surface area contributed by atoms with Gasteiger partial charge in [-0.1, -0.05) is 30.0 Å². The van der Waals surface area contributed by atoms with Gasteiger partial charge in [-0.05, 0) is 25.3 Å². The number of thioether (sulfide) groups is 1. The van der Waals surface area contributed by atoms with E-state index in [1.165, 1.54) is 11.8 Å². The van der Waals surface area contributed by atoms with Crippen LogP contribution in [0.3, 0.4) is 0 Å². The summed E-state index contributed by atoms with van der Waals surface area (Å²) in [5, 5.41) is 4.11. The Morgan fingerprint density at radius 2 is 2.18 bits per heavy atom. The number of nitrogens with zero attached hydrogens (tertiary/aromatic N) is 2. The molecule has 0 saturated carbocycles. The van der Waals surface area contributed by atoms with E-state index < -0.39 is 0 Å². The fourth-order valence-corrected chi connectivity index (χ4v) is 0.992. The van der Waals surface area contributed by atoms with Crippen LogP contribution in [0.15, 0.2) is 29.5 Å². The second kappa shape index (κ2) is 12.2. The van der Waals surface area contributed by atoms with Gasteiger partial charge in [-0.2, -0.15) is 5.10 Å². The molecule has 0 unspecified atom stereocenters. The average Bonchev–Trinajstić information content (AvgIpc) is 2.37. The third kappa shape index (κ3) is 9.69. The van der Waals surface area contributed by atoms with Crippen LogP contribution in [0, 0.1) is 0 Å². The molecule has 90 valence electrons. The van der Waals surface area contributed by atoms with E-state index in [1.807, 2.05) is 31.4 Å². The molecule has 1 N–H and O–H groups in total. The third-order valence-electron chi connectivity index (χ3n) is 1.54. The van der Waals surface area contributed by atoms with Crippen molar-refractivity contribution >= 4 is 73.5 Å². The van der Waals surface area contributed by atoms with Gasteiger partial charge in [0.15, 0.2) is 4.32 Å². The topological polar surface area (TPSA) is 37.3 Å². The van der Waals surface area contributed by atoms with Crippen molar-refractivity contribution in [3.63, 3.8) is 0 Å². The van der Waals surface area contributed by atoms with Gasteiger partial charge in [-0.15, -0.1) is 0 Å². The molecule has 0 bridgehead atoms. The van der Waals surface area contributed by atoms with Gasteiger partial charge >= 0.3 is 49.6 Å². The van der Waals surface area contributed by atoms with Gasteiger partial charge in [0, 0.05) is 6.20 Å². The Hall–Kier alpha value is 1.14. The van der Waals surface area contributed by atoms with Crippen molar-refractivity contribution in [1.82, 2.24) is 10.4 Å². The normalized spacial score (nSPS) is 9.76. The molecular weight excluding hydrogens is 533 g/mol. The molecule has 17 heavy (non-hydrogen) atoms. The van der Waals surface area contributed by atoms with Crippen LogP contribution in [0.5, 0.6) is 0 Å². The summed E-state index contributed by atoms with van der Waals surface area (Å²) in [4.78, 5) is 4.16. The van der Waals surface area contributed by atoms with Crippen molar-refractivity contribution in [2.75, 3.05) is 6.26 Å². The Morgan fingerprint density at radius 3 is 2.65 bits per heavy atom. The molecule has 1 rings (SSSR count). The second-order valence-electron chi connectivity index (χ2n) is 2.62. The molecule has 8 heteroatoms. The first-order chi connectivity index (χ1) is 8.15. The Balaban J connectivity index is 0.000000770. The fraction of sp³-hybridized carbons (Fsp3) is 0.222. The number of nitrogens with one attached hydrogen (secondary N) is 1. The van der Waals surface area contributed by atoms with Crippen LogP contribution in [0.4, 0.5) is 0 Å². The van der Waals surface area contributed by atoms with Gasteiger partial charge in [-0.3, -0.25) is 10.4 Å². The standard InChI is InChI=1S/C9H11N3S2.2HI.Zn/c1-7(11-12-9(13)14-2)8-5-3-4-6-10-8;;;/h3-6H,1-2H3,(H,12,13);2*1H;/q;;;+2/p-2/b11-7+;;;. The molecule has 0 amide bonds. The number of pyridine rings is 1. The van der Waals surface area contributed by atoms with E-state index in [-0.39, 0.29) is 10.1 Å². The van der Waals surface area contributed by atoms with Gasteiger partial charge in [0.25, 0.3) is 0 Å². The van der Waals surface area contributed by atoms with Gasteiger partial charge < -0.3 is 0 Å². The number of hydrogen-bond donors (Lipinski definition) is 1. The molecule has 0 aliphatic rings. The van der Waals surface area contributed by atoms with Gasteiger partial charge in [0.05, 0.1) is 11.4 Å². The van der Waals surface area contributed by atoms with E-state index in [0.717, 1.165) is 11.4 Å². The van der Waals surface area contributed by atoms with Crippen molar-refractivity contribution in [2.45, 2.75) is 6.92 Å².